The van der Waals surface area contributed by atoms with Crippen LogP contribution >= 0.6 is 0 Å². The van der Waals surface area contributed by atoms with Gasteiger partial charge in [0.15, 0.2) is 0 Å². The highest BCUT2D eigenvalue weighted by Gasteiger charge is 2.34. The minimum atomic E-state index is -3.01. The maximum absolute atomic E-state index is 13.4. The summed E-state index contributed by atoms with van der Waals surface area (Å²) in [6, 6.07) is 12.1. The second kappa shape index (κ2) is 9.04. The average molecular weight is 428 g/mol. The van der Waals surface area contributed by atoms with Gasteiger partial charge in [-0.15, -0.1) is 0 Å². The van der Waals surface area contributed by atoms with Crippen molar-refractivity contribution in [3.8, 4) is 5.75 Å². The number of halogens is 2. The lowest BCUT2D eigenvalue weighted by Crippen LogP contribution is -2.48. The van der Waals surface area contributed by atoms with Crippen LogP contribution in [0.3, 0.4) is 0 Å². The summed E-state index contributed by atoms with van der Waals surface area (Å²) in [4.78, 5) is 30.0. The van der Waals surface area contributed by atoms with Crippen LogP contribution in [0.2, 0.25) is 0 Å². The van der Waals surface area contributed by atoms with Crippen molar-refractivity contribution in [2.24, 2.45) is 5.92 Å². The first-order valence-electron chi connectivity index (χ1n) is 10.7. The molecule has 2 aromatic carbocycles. The normalized spacial score (nSPS) is 18.6. The van der Waals surface area contributed by atoms with Crippen LogP contribution in [0.4, 0.5) is 14.5 Å². The minimum absolute atomic E-state index is 0.0323. The maximum Gasteiger partial charge on any atom is 0.387 e. The summed E-state index contributed by atoms with van der Waals surface area (Å²) in [5.74, 6) is -0.809. The van der Waals surface area contributed by atoms with Crippen molar-refractivity contribution in [2.75, 3.05) is 24.5 Å². The number of rotatable bonds is 4. The minimum Gasteiger partial charge on any atom is -0.434 e. The number of fused-ring (bicyclic) bond motifs is 1. The summed E-state index contributed by atoms with van der Waals surface area (Å²) in [5, 5.41) is 0. The average Bonchev–Trinajstić information content (AvgIpc) is 2.78. The quantitative estimate of drug-likeness (QED) is 0.724. The van der Waals surface area contributed by atoms with E-state index in [1.165, 1.54) is 17.7 Å². The van der Waals surface area contributed by atoms with Gasteiger partial charge in [-0.3, -0.25) is 9.59 Å². The topological polar surface area (TPSA) is 49.9 Å². The Morgan fingerprint density at radius 2 is 1.87 bits per heavy atom. The van der Waals surface area contributed by atoms with Gasteiger partial charge in [0.2, 0.25) is 5.91 Å². The highest BCUT2D eigenvalue weighted by atomic mass is 19.3. The second-order valence-electron chi connectivity index (χ2n) is 8.14. The molecule has 1 saturated heterocycles. The van der Waals surface area contributed by atoms with Gasteiger partial charge in [0.25, 0.3) is 5.91 Å². The van der Waals surface area contributed by atoms with E-state index >= 15 is 0 Å². The van der Waals surface area contributed by atoms with E-state index in [4.69, 9.17) is 0 Å². The molecule has 2 aliphatic heterocycles. The number of benzene rings is 2. The van der Waals surface area contributed by atoms with E-state index in [0.717, 1.165) is 24.1 Å². The van der Waals surface area contributed by atoms with Gasteiger partial charge < -0.3 is 14.5 Å². The zero-order valence-corrected chi connectivity index (χ0v) is 17.5. The van der Waals surface area contributed by atoms with Gasteiger partial charge in [0.05, 0.1) is 11.5 Å². The number of likely N-dealkylation sites (tertiary alicyclic amines) is 1. The van der Waals surface area contributed by atoms with E-state index in [0.29, 0.717) is 25.9 Å². The van der Waals surface area contributed by atoms with Crippen molar-refractivity contribution in [1.29, 1.82) is 0 Å². The molecule has 1 atom stereocenters. The van der Waals surface area contributed by atoms with Crippen LogP contribution in [-0.4, -0.2) is 43.0 Å². The van der Waals surface area contributed by atoms with Crippen molar-refractivity contribution in [1.82, 2.24) is 4.90 Å². The number of carbonyl (C=O) groups excluding carboxylic acids is 2. The third kappa shape index (κ3) is 4.40. The Hall–Kier alpha value is -2.96. The molecule has 0 bridgehead atoms. The number of anilines is 1. The Labute approximate surface area is 180 Å². The lowest BCUT2D eigenvalue weighted by Gasteiger charge is -2.37. The standard InChI is InChI=1S/C24H26F2N2O3/c1-16-7-4-8-17-9-6-14-28(21(16)17)22(29)18-10-5-13-27(15-18)23(30)19-11-2-3-12-20(19)31-24(25)26/h2-4,7-8,11-12,18,24H,5-6,9-10,13-15H2,1H3. The zero-order chi connectivity index (χ0) is 22.0. The van der Waals surface area contributed by atoms with Crippen LogP contribution in [-0.2, 0) is 11.2 Å². The van der Waals surface area contributed by atoms with Crippen molar-refractivity contribution in [3.63, 3.8) is 0 Å². The molecule has 2 amide bonds. The Morgan fingerprint density at radius 3 is 2.68 bits per heavy atom. The summed E-state index contributed by atoms with van der Waals surface area (Å²) >= 11 is 0. The van der Waals surface area contributed by atoms with E-state index in [2.05, 4.69) is 10.8 Å². The van der Waals surface area contributed by atoms with Gasteiger partial charge in [-0.25, -0.2) is 0 Å². The Kier molecular flexibility index (Phi) is 6.20. The molecule has 0 aromatic heterocycles. The van der Waals surface area contributed by atoms with Gasteiger partial charge in [-0.05, 0) is 55.9 Å². The molecule has 2 heterocycles. The molecular formula is C24H26F2N2O3. The van der Waals surface area contributed by atoms with Gasteiger partial charge in [0.1, 0.15) is 5.75 Å². The van der Waals surface area contributed by atoms with E-state index in [1.807, 2.05) is 24.0 Å². The molecule has 1 unspecified atom stereocenters. The van der Waals surface area contributed by atoms with Crippen molar-refractivity contribution < 1.29 is 23.1 Å². The lowest BCUT2D eigenvalue weighted by molar-refractivity contribution is -0.123. The number of piperidine rings is 1. The molecule has 164 valence electrons. The molecule has 0 spiro atoms. The molecule has 0 radical (unpaired) electrons. The van der Waals surface area contributed by atoms with Crippen LogP contribution in [0.1, 0.15) is 40.7 Å². The summed E-state index contributed by atoms with van der Waals surface area (Å²) in [7, 11) is 0. The van der Waals surface area contributed by atoms with Crippen molar-refractivity contribution in [2.45, 2.75) is 39.2 Å². The smallest absolute Gasteiger partial charge is 0.387 e. The number of nitrogens with zero attached hydrogens (tertiary/aromatic N) is 2. The molecule has 1 fully saturated rings. The summed E-state index contributed by atoms with van der Waals surface area (Å²) in [5.41, 5.74) is 3.35. The maximum atomic E-state index is 13.4. The molecule has 0 saturated carbocycles. The number of alkyl halides is 2. The van der Waals surface area contributed by atoms with Gasteiger partial charge in [0, 0.05) is 25.3 Å². The Morgan fingerprint density at radius 1 is 1.06 bits per heavy atom. The number of amides is 2. The third-order valence-corrected chi connectivity index (χ3v) is 6.08. The molecule has 0 N–H and O–H groups in total. The lowest BCUT2D eigenvalue weighted by atomic mass is 9.92. The Balaban J connectivity index is 1.53. The number of carbonyl (C=O) groups is 2. The fraction of sp³-hybridized carbons (Fsp3) is 0.417. The largest absolute Gasteiger partial charge is 0.434 e. The monoisotopic (exact) mass is 428 g/mol. The number of hydrogen-bond donors (Lipinski definition) is 0. The van der Waals surface area contributed by atoms with Gasteiger partial charge in [-0.1, -0.05) is 30.3 Å². The predicted octanol–water partition coefficient (Wildman–Crippen LogP) is 4.43. The highest BCUT2D eigenvalue weighted by Crippen LogP contribution is 2.33. The Bertz CT molecular complexity index is 979. The molecular weight excluding hydrogens is 402 g/mol. The van der Waals surface area contributed by atoms with Crippen LogP contribution in [0, 0.1) is 12.8 Å². The van der Waals surface area contributed by atoms with Gasteiger partial charge >= 0.3 is 6.61 Å². The molecule has 4 rings (SSSR count). The van der Waals surface area contributed by atoms with Gasteiger partial charge in [-0.2, -0.15) is 8.78 Å². The highest BCUT2D eigenvalue weighted by molar-refractivity contribution is 5.99. The fourth-order valence-corrected chi connectivity index (χ4v) is 4.66. The number of hydrogen-bond acceptors (Lipinski definition) is 3. The summed E-state index contributed by atoms with van der Waals surface area (Å²) in [6.07, 6.45) is 3.26. The molecule has 5 nitrogen and oxygen atoms in total. The summed E-state index contributed by atoms with van der Waals surface area (Å²) in [6.45, 7) is 0.444. The summed E-state index contributed by atoms with van der Waals surface area (Å²) < 4.78 is 30.0. The molecule has 0 aliphatic carbocycles. The van der Waals surface area contributed by atoms with E-state index in [1.54, 1.807) is 17.0 Å². The van der Waals surface area contributed by atoms with Crippen LogP contribution in [0.15, 0.2) is 42.5 Å². The number of ether oxygens (including phenoxy) is 1. The fourth-order valence-electron chi connectivity index (χ4n) is 4.66. The van der Waals surface area contributed by atoms with Crippen molar-refractivity contribution in [3.05, 3.63) is 59.2 Å². The molecule has 31 heavy (non-hydrogen) atoms. The van der Waals surface area contributed by atoms with E-state index < -0.39 is 6.61 Å². The zero-order valence-electron chi connectivity index (χ0n) is 17.5. The van der Waals surface area contributed by atoms with Crippen LogP contribution in [0.5, 0.6) is 5.75 Å². The van der Waals surface area contributed by atoms with Crippen LogP contribution in [0.25, 0.3) is 0 Å². The molecule has 7 heteroatoms. The predicted molar refractivity (Wildman–Crippen MR) is 114 cm³/mol. The van der Waals surface area contributed by atoms with E-state index in [-0.39, 0.29) is 35.6 Å². The van der Waals surface area contributed by atoms with E-state index in [9.17, 15) is 18.4 Å². The van der Waals surface area contributed by atoms with Crippen molar-refractivity contribution >= 4 is 17.5 Å². The first-order valence-corrected chi connectivity index (χ1v) is 10.7. The van der Waals surface area contributed by atoms with Crippen LogP contribution < -0.4 is 9.64 Å². The number of para-hydroxylation sites is 2. The second-order valence-corrected chi connectivity index (χ2v) is 8.14. The third-order valence-electron chi connectivity index (χ3n) is 6.08. The number of aryl methyl sites for hydroxylation is 2. The molecule has 2 aliphatic rings. The first-order chi connectivity index (χ1) is 15.0. The SMILES string of the molecule is Cc1cccc2c1N(C(=O)C1CCCN(C(=O)c3ccccc3OC(F)F)C1)CCC2. The first kappa shape index (κ1) is 21.3. The molecule has 2 aromatic rings.